The average Bonchev–Trinajstić information content (AvgIpc) is 2.35. The Morgan fingerprint density at radius 3 is 2.47 bits per heavy atom. The van der Waals surface area contributed by atoms with E-state index in [1.807, 2.05) is 24.3 Å². The second kappa shape index (κ2) is 8.13. The van der Waals surface area contributed by atoms with Crippen LogP contribution < -0.4 is 4.74 Å². The molecule has 0 saturated heterocycles. The lowest BCUT2D eigenvalue weighted by Crippen LogP contribution is -2.16. The van der Waals surface area contributed by atoms with Gasteiger partial charge in [-0.25, -0.2) is 0 Å². The number of aryl methyl sites for hydroxylation is 1. The highest BCUT2D eigenvalue weighted by Gasteiger charge is 2.08. The number of aliphatic hydroxyl groups is 1. The fraction of sp³-hybridized carbons (Fsp3) is 0.600. The highest BCUT2D eigenvalue weighted by atomic mass is 16.5. The van der Waals surface area contributed by atoms with Crippen LogP contribution in [0.4, 0.5) is 0 Å². The molecule has 96 valence electrons. The van der Waals surface area contributed by atoms with Gasteiger partial charge in [-0.15, -0.1) is 0 Å². The molecule has 1 aromatic carbocycles. The molecule has 0 aliphatic heterocycles. The lowest BCUT2D eigenvalue weighted by Gasteiger charge is -2.15. The van der Waals surface area contributed by atoms with E-state index in [0.717, 1.165) is 12.2 Å². The summed E-state index contributed by atoms with van der Waals surface area (Å²) in [5.74, 6) is 1.16. The van der Waals surface area contributed by atoms with Gasteiger partial charge < -0.3 is 9.84 Å². The third-order valence-corrected chi connectivity index (χ3v) is 2.98. The van der Waals surface area contributed by atoms with E-state index < -0.39 is 0 Å². The highest BCUT2D eigenvalue weighted by Crippen LogP contribution is 2.15. The number of aliphatic hydroxyl groups excluding tert-OH is 1. The van der Waals surface area contributed by atoms with Gasteiger partial charge in [0.15, 0.2) is 0 Å². The molecule has 1 rings (SSSR count). The van der Waals surface area contributed by atoms with Crippen molar-refractivity contribution >= 4 is 0 Å². The van der Waals surface area contributed by atoms with Crippen molar-refractivity contribution in [3.63, 3.8) is 0 Å². The number of benzene rings is 1. The van der Waals surface area contributed by atoms with E-state index in [-0.39, 0.29) is 12.5 Å². The predicted molar refractivity (Wildman–Crippen MR) is 71.4 cm³/mol. The molecule has 0 radical (unpaired) electrons. The fourth-order valence-corrected chi connectivity index (χ4v) is 1.76. The van der Waals surface area contributed by atoms with Crippen molar-refractivity contribution < 1.29 is 9.84 Å². The molecule has 0 aromatic heterocycles. The standard InChI is InChI=1S/C15H24O2/c1-3-4-5-6-14(11-16)12-17-15-9-7-13(2)8-10-15/h7-10,14,16H,3-6,11-12H2,1-2H3. The van der Waals surface area contributed by atoms with E-state index in [0.29, 0.717) is 6.61 Å². The Kier molecular flexibility index (Phi) is 6.71. The molecule has 1 aromatic rings. The highest BCUT2D eigenvalue weighted by molar-refractivity contribution is 5.26. The third kappa shape index (κ3) is 5.73. The fourth-order valence-electron chi connectivity index (χ4n) is 1.76. The predicted octanol–water partition coefficient (Wildman–Crippen LogP) is 3.56. The van der Waals surface area contributed by atoms with Crippen LogP contribution in [0.5, 0.6) is 5.75 Å². The SMILES string of the molecule is CCCCCC(CO)COc1ccc(C)cc1. The van der Waals surface area contributed by atoms with Gasteiger partial charge in [0.1, 0.15) is 5.75 Å². The molecular weight excluding hydrogens is 212 g/mol. The minimum atomic E-state index is 0.218. The first-order valence-electron chi connectivity index (χ1n) is 6.56. The van der Waals surface area contributed by atoms with Crippen molar-refractivity contribution in [2.75, 3.05) is 13.2 Å². The summed E-state index contributed by atoms with van der Waals surface area (Å²) in [4.78, 5) is 0. The van der Waals surface area contributed by atoms with Crippen LogP contribution in [0, 0.1) is 12.8 Å². The number of rotatable bonds is 8. The monoisotopic (exact) mass is 236 g/mol. The summed E-state index contributed by atoms with van der Waals surface area (Å²) in [6.45, 7) is 5.08. The number of hydrogen-bond donors (Lipinski definition) is 1. The second-order valence-electron chi connectivity index (χ2n) is 4.67. The first-order chi connectivity index (χ1) is 8.26. The number of unbranched alkanes of at least 4 members (excludes halogenated alkanes) is 2. The molecule has 2 nitrogen and oxygen atoms in total. The Bertz CT molecular complexity index is 292. The Balaban J connectivity index is 2.29. The first kappa shape index (κ1) is 14.0. The minimum Gasteiger partial charge on any atom is -0.493 e. The summed E-state index contributed by atoms with van der Waals surface area (Å²) in [5, 5.41) is 9.27. The van der Waals surface area contributed by atoms with E-state index in [1.165, 1.54) is 24.8 Å². The Morgan fingerprint density at radius 2 is 1.88 bits per heavy atom. The van der Waals surface area contributed by atoms with E-state index in [9.17, 15) is 5.11 Å². The second-order valence-corrected chi connectivity index (χ2v) is 4.67. The quantitative estimate of drug-likeness (QED) is 0.699. The van der Waals surface area contributed by atoms with Gasteiger partial charge in [0, 0.05) is 12.5 Å². The van der Waals surface area contributed by atoms with Gasteiger partial charge in [0.25, 0.3) is 0 Å². The van der Waals surface area contributed by atoms with E-state index >= 15 is 0 Å². The van der Waals surface area contributed by atoms with Gasteiger partial charge in [-0.1, -0.05) is 43.9 Å². The molecule has 2 heteroatoms. The zero-order valence-electron chi connectivity index (χ0n) is 11.0. The van der Waals surface area contributed by atoms with Crippen LogP contribution in [0.1, 0.15) is 38.2 Å². The largest absolute Gasteiger partial charge is 0.493 e. The van der Waals surface area contributed by atoms with Gasteiger partial charge >= 0.3 is 0 Å². The number of hydrogen-bond acceptors (Lipinski definition) is 2. The normalized spacial score (nSPS) is 12.4. The van der Waals surface area contributed by atoms with Crippen molar-refractivity contribution in [2.24, 2.45) is 5.92 Å². The molecule has 0 aliphatic carbocycles. The summed E-state index contributed by atoms with van der Waals surface area (Å²) in [6, 6.07) is 8.05. The Labute approximate surface area is 105 Å². The minimum absolute atomic E-state index is 0.218. The molecule has 0 fully saturated rings. The molecule has 1 atom stereocenters. The molecule has 0 heterocycles. The van der Waals surface area contributed by atoms with Crippen molar-refractivity contribution in [3.05, 3.63) is 29.8 Å². The maximum absolute atomic E-state index is 9.27. The third-order valence-electron chi connectivity index (χ3n) is 2.98. The molecule has 1 unspecified atom stereocenters. The van der Waals surface area contributed by atoms with Gasteiger partial charge in [-0.05, 0) is 25.5 Å². The maximum Gasteiger partial charge on any atom is 0.119 e. The number of ether oxygens (including phenoxy) is 1. The van der Waals surface area contributed by atoms with Crippen LogP contribution in [-0.2, 0) is 0 Å². The maximum atomic E-state index is 9.27. The average molecular weight is 236 g/mol. The summed E-state index contributed by atoms with van der Waals surface area (Å²) in [5.41, 5.74) is 1.24. The summed E-state index contributed by atoms with van der Waals surface area (Å²) < 4.78 is 5.68. The Morgan fingerprint density at radius 1 is 1.18 bits per heavy atom. The molecular formula is C15H24O2. The topological polar surface area (TPSA) is 29.5 Å². The first-order valence-corrected chi connectivity index (χ1v) is 6.56. The van der Waals surface area contributed by atoms with Crippen LogP contribution in [0.2, 0.25) is 0 Å². The zero-order valence-corrected chi connectivity index (χ0v) is 11.0. The molecule has 0 bridgehead atoms. The lowest BCUT2D eigenvalue weighted by molar-refractivity contribution is 0.153. The van der Waals surface area contributed by atoms with Gasteiger partial charge in [0.2, 0.25) is 0 Å². The van der Waals surface area contributed by atoms with E-state index in [2.05, 4.69) is 13.8 Å². The molecule has 0 amide bonds. The van der Waals surface area contributed by atoms with Crippen LogP contribution in [0.25, 0.3) is 0 Å². The molecule has 1 N–H and O–H groups in total. The van der Waals surface area contributed by atoms with Crippen LogP contribution in [-0.4, -0.2) is 18.3 Å². The van der Waals surface area contributed by atoms with Gasteiger partial charge in [-0.2, -0.15) is 0 Å². The lowest BCUT2D eigenvalue weighted by atomic mass is 10.0. The molecule has 0 spiro atoms. The van der Waals surface area contributed by atoms with Crippen molar-refractivity contribution in [1.29, 1.82) is 0 Å². The molecule has 17 heavy (non-hydrogen) atoms. The van der Waals surface area contributed by atoms with Crippen LogP contribution >= 0.6 is 0 Å². The van der Waals surface area contributed by atoms with E-state index in [4.69, 9.17) is 4.74 Å². The van der Waals surface area contributed by atoms with Crippen LogP contribution in [0.3, 0.4) is 0 Å². The Hall–Kier alpha value is -1.02. The molecule has 0 aliphatic rings. The zero-order chi connectivity index (χ0) is 12.5. The van der Waals surface area contributed by atoms with Gasteiger partial charge in [0.05, 0.1) is 6.61 Å². The summed E-state index contributed by atoms with van der Waals surface area (Å²) in [7, 11) is 0. The van der Waals surface area contributed by atoms with E-state index in [1.54, 1.807) is 0 Å². The van der Waals surface area contributed by atoms with Crippen molar-refractivity contribution in [3.8, 4) is 5.75 Å². The van der Waals surface area contributed by atoms with Crippen molar-refractivity contribution in [2.45, 2.75) is 39.5 Å². The van der Waals surface area contributed by atoms with Gasteiger partial charge in [-0.3, -0.25) is 0 Å². The molecule has 0 saturated carbocycles. The smallest absolute Gasteiger partial charge is 0.119 e. The van der Waals surface area contributed by atoms with Crippen molar-refractivity contribution in [1.82, 2.24) is 0 Å². The summed E-state index contributed by atoms with van der Waals surface area (Å²) >= 11 is 0. The summed E-state index contributed by atoms with van der Waals surface area (Å²) in [6.07, 6.45) is 4.69. The van der Waals surface area contributed by atoms with Crippen LogP contribution in [0.15, 0.2) is 24.3 Å².